The molecule has 156 valence electrons. The number of likely N-dealkylation sites (N-methyl/N-ethyl adjacent to an activating group) is 1. The number of hydrogen-bond donors (Lipinski definition) is 1. The van der Waals surface area contributed by atoms with Crippen molar-refractivity contribution in [3.63, 3.8) is 0 Å². The van der Waals surface area contributed by atoms with Gasteiger partial charge in [0.15, 0.2) is 5.82 Å². The normalized spacial score (nSPS) is 20.3. The van der Waals surface area contributed by atoms with Gasteiger partial charge in [-0.15, -0.1) is 0 Å². The zero-order chi connectivity index (χ0) is 21.4. The third-order valence-corrected chi connectivity index (χ3v) is 5.59. The Kier molecular flexibility index (Phi) is 5.35. The van der Waals surface area contributed by atoms with E-state index in [4.69, 9.17) is 6.57 Å². The second-order valence-corrected chi connectivity index (χ2v) is 7.41. The molecule has 30 heavy (non-hydrogen) atoms. The van der Waals surface area contributed by atoms with Gasteiger partial charge in [-0.1, -0.05) is 6.07 Å². The maximum atomic E-state index is 14.5. The molecule has 0 amide bonds. The van der Waals surface area contributed by atoms with Crippen LogP contribution in [0.4, 0.5) is 24.8 Å². The number of imidazole rings is 1. The van der Waals surface area contributed by atoms with Gasteiger partial charge >= 0.3 is 0 Å². The lowest BCUT2D eigenvalue weighted by molar-refractivity contribution is 0.221. The largest absolute Gasteiger partial charge is 0.340 e. The fraction of sp³-hybridized carbons (Fsp3) is 0.381. The van der Waals surface area contributed by atoms with Crippen molar-refractivity contribution in [3.8, 4) is 0 Å². The summed E-state index contributed by atoms with van der Waals surface area (Å²) < 4.78 is 44.5. The average molecular weight is 414 g/mol. The van der Waals surface area contributed by atoms with Crippen molar-refractivity contribution in [1.29, 1.82) is 0 Å². The molecule has 1 aliphatic rings. The Hall–Kier alpha value is -3.12. The number of nitrogens with zero attached hydrogens (tertiary/aromatic N) is 5. The molecule has 6 nitrogen and oxygen atoms in total. The van der Waals surface area contributed by atoms with Gasteiger partial charge in [0.25, 0.3) is 0 Å². The molecule has 4 rings (SSSR count). The summed E-state index contributed by atoms with van der Waals surface area (Å²) >= 11 is 0. The van der Waals surface area contributed by atoms with Crippen molar-refractivity contribution >= 4 is 22.7 Å². The molecule has 0 aliphatic carbocycles. The first kappa shape index (κ1) is 20.2. The summed E-state index contributed by atoms with van der Waals surface area (Å²) in [6.45, 7) is 9.69. The first-order valence-electron chi connectivity index (χ1n) is 9.69. The second-order valence-electron chi connectivity index (χ2n) is 7.41. The van der Waals surface area contributed by atoms with Crippen LogP contribution in [0.15, 0.2) is 30.5 Å². The number of piperidine rings is 1. The molecule has 3 atom stereocenters. The molecule has 1 N–H and O–H groups in total. The van der Waals surface area contributed by atoms with E-state index >= 15 is 0 Å². The highest BCUT2D eigenvalue weighted by molar-refractivity contribution is 5.80. The Morgan fingerprint density at radius 2 is 2.10 bits per heavy atom. The molecule has 1 saturated heterocycles. The maximum Gasteiger partial charge on any atom is 0.207 e. The quantitative estimate of drug-likeness (QED) is 0.656. The number of alkyl halides is 1. The molecule has 0 spiro atoms. The van der Waals surface area contributed by atoms with E-state index in [1.54, 1.807) is 23.7 Å². The molecule has 0 radical (unpaired) electrons. The lowest BCUT2D eigenvalue weighted by Crippen LogP contribution is -2.51. The summed E-state index contributed by atoms with van der Waals surface area (Å²) in [7, 11) is 1.70. The number of halogens is 3. The summed E-state index contributed by atoms with van der Waals surface area (Å²) in [6.07, 6.45) is 0.779. The Bertz CT molecular complexity index is 1100. The molecule has 2 aromatic heterocycles. The van der Waals surface area contributed by atoms with Gasteiger partial charge in [0, 0.05) is 31.4 Å². The first-order chi connectivity index (χ1) is 14.4. The summed E-state index contributed by atoms with van der Waals surface area (Å²) in [5.41, 5.74) is 1.38. The van der Waals surface area contributed by atoms with Gasteiger partial charge < -0.3 is 14.8 Å². The molecule has 0 saturated carbocycles. The third-order valence-electron chi connectivity index (χ3n) is 5.59. The van der Waals surface area contributed by atoms with E-state index in [0.717, 1.165) is 6.07 Å². The minimum absolute atomic E-state index is 0.0550. The molecule has 3 aromatic rings. The van der Waals surface area contributed by atoms with Gasteiger partial charge in [0.1, 0.15) is 17.5 Å². The van der Waals surface area contributed by atoms with E-state index in [9.17, 15) is 13.2 Å². The van der Waals surface area contributed by atoms with Crippen molar-refractivity contribution in [2.24, 2.45) is 0 Å². The van der Waals surface area contributed by atoms with Crippen LogP contribution in [0, 0.1) is 18.2 Å². The first-order valence-corrected chi connectivity index (χ1v) is 9.69. The van der Waals surface area contributed by atoms with Crippen LogP contribution in [0.5, 0.6) is 0 Å². The highest BCUT2D eigenvalue weighted by atomic mass is 19.1. The SMILES string of the molecule is [C-]#[N+]c1ccc([C@@H](C)n2c(N3CC[C@@H](F)[C@H](NC)C3)nc3c(F)cc(F)cc32)nc1. The van der Waals surface area contributed by atoms with E-state index in [0.29, 0.717) is 42.4 Å². The van der Waals surface area contributed by atoms with E-state index in [1.165, 1.54) is 12.3 Å². The molecule has 0 bridgehead atoms. The fourth-order valence-electron chi connectivity index (χ4n) is 3.93. The van der Waals surface area contributed by atoms with Crippen LogP contribution in [0.3, 0.4) is 0 Å². The monoisotopic (exact) mass is 414 g/mol. The van der Waals surface area contributed by atoms with Crippen molar-refractivity contribution in [1.82, 2.24) is 19.9 Å². The van der Waals surface area contributed by atoms with Gasteiger partial charge in [0.05, 0.1) is 29.9 Å². The molecule has 3 heterocycles. The number of rotatable bonds is 4. The number of nitrogens with one attached hydrogen (secondary N) is 1. The summed E-state index contributed by atoms with van der Waals surface area (Å²) in [4.78, 5) is 14.0. The van der Waals surface area contributed by atoms with Crippen LogP contribution in [0.1, 0.15) is 25.1 Å². The Labute approximate surface area is 172 Å². The molecule has 1 fully saturated rings. The van der Waals surface area contributed by atoms with Crippen LogP contribution in [-0.4, -0.2) is 46.9 Å². The molecule has 0 unspecified atom stereocenters. The number of benzene rings is 1. The van der Waals surface area contributed by atoms with Crippen LogP contribution >= 0.6 is 0 Å². The fourth-order valence-corrected chi connectivity index (χ4v) is 3.93. The van der Waals surface area contributed by atoms with Crippen molar-refractivity contribution in [2.75, 3.05) is 25.0 Å². The predicted molar refractivity (Wildman–Crippen MR) is 109 cm³/mol. The van der Waals surface area contributed by atoms with Gasteiger partial charge in [-0.25, -0.2) is 23.0 Å². The van der Waals surface area contributed by atoms with Crippen molar-refractivity contribution in [3.05, 3.63) is 59.2 Å². The number of hydrogen-bond acceptors (Lipinski definition) is 4. The third kappa shape index (κ3) is 3.48. The van der Waals surface area contributed by atoms with E-state index in [1.807, 2.05) is 11.8 Å². The zero-order valence-electron chi connectivity index (χ0n) is 16.6. The maximum absolute atomic E-state index is 14.5. The lowest BCUT2D eigenvalue weighted by atomic mass is 10.0. The Morgan fingerprint density at radius 3 is 2.77 bits per heavy atom. The van der Waals surface area contributed by atoms with Crippen molar-refractivity contribution in [2.45, 2.75) is 31.6 Å². The number of anilines is 1. The highest BCUT2D eigenvalue weighted by Crippen LogP contribution is 2.33. The van der Waals surface area contributed by atoms with Gasteiger partial charge in [-0.05, 0) is 26.5 Å². The predicted octanol–water partition coefficient (Wildman–Crippen LogP) is 4.01. The van der Waals surface area contributed by atoms with E-state index < -0.39 is 23.8 Å². The minimum atomic E-state index is -0.987. The molecule has 1 aromatic carbocycles. The van der Waals surface area contributed by atoms with Crippen LogP contribution in [-0.2, 0) is 0 Å². The van der Waals surface area contributed by atoms with Crippen LogP contribution < -0.4 is 10.2 Å². The molecular weight excluding hydrogens is 393 g/mol. The number of fused-ring (bicyclic) bond motifs is 1. The Morgan fingerprint density at radius 1 is 1.30 bits per heavy atom. The topological polar surface area (TPSA) is 50.3 Å². The molecular formula is C21H21F3N6. The van der Waals surface area contributed by atoms with Crippen molar-refractivity contribution < 1.29 is 13.2 Å². The zero-order valence-corrected chi connectivity index (χ0v) is 16.6. The Balaban J connectivity index is 1.85. The highest BCUT2D eigenvalue weighted by Gasteiger charge is 2.32. The average Bonchev–Trinajstić information content (AvgIpc) is 3.13. The van der Waals surface area contributed by atoms with Crippen LogP contribution in [0.2, 0.25) is 0 Å². The van der Waals surface area contributed by atoms with Crippen LogP contribution in [0.25, 0.3) is 15.9 Å². The lowest BCUT2D eigenvalue weighted by Gasteiger charge is -2.36. The summed E-state index contributed by atoms with van der Waals surface area (Å²) in [6, 6.07) is 4.62. The smallest absolute Gasteiger partial charge is 0.207 e. The summed E-state index contributed by atoms with van der Waals surface area (Å²) in [5, 5.41) is 2.97. The second kappa shape index (κ2) is 7.95. The van der Waals surface area contributed by atoms with Gasteiger partial charge in [-0.2, -0.15) is 0 Å². The van der Waals surface area contributed by atoms with Gasteiger partial charge in [0.2, 0.25) is 11.6 Å². The minimum Gasteiger partial charge on any atom is -0.340 e. The summed E-state index contributed by atoms with van der Waals surface area (Å²) in [5.74, 6) is -1.02. The molecule has 1 aliphatic heterocycles. The van der Waals surface area contributed by atoms with E-state index in [-0.39, 0.29) is 11.6 Å². The number of pyridine rings is 1. The molecule has 9 heteroatoms. The standard InChI is InChI=1S/C21H21F3N6/c1-12(17-5-4-14(25-2)10-27-17)30-19-9-13(22)8-16(24)20(19)28-21(30)29-7-6-15(23)18(11-29)26-3/h4-5,8-10,12,15,18,26H,6-7,11H2,1,3H3/t12-,15-,18-/m1/s1. The number of aromatic nitrogens is 3. The van der Waals surface area contributed by atoms with Gasteiger partial charge in [-0.3, -0.25) is 4.98 Å². The van der Waals surface area contributed by atoms with E-state index in [2.05, 4.69) is 20.1 Å².